The van der Waals surface area contributed by atoms with Gasteiger partial charge in [0.2, 0.25) is 0 Å². The number of fused-ring (bicyclic) bond motifs is 1. The maximum Gasteiger partial charge on any atom is 0.257 e. The molecular formula is C29H31FN4O3. The van der Waals surface area contributed by atoms with Gasteiger partial charge in [0.15, 0.2) is 17.3 Å². The normalized spacial score (nSPS) is 13.5. The number of nitrogens with one attached hydrogen (secondary N) is 2. The van der Waals surface area contributed by atoms with Gasteiger partial charge in [0.05, 0.1) is 12.2 Å². The van der Waals surface area contributed by atoms with Crippen molar-refractivity contribution < 1.29 is 18.7 Å². The fourth-order valence-electron chi connectivity index (χ4n) is 4.20. The summed E-state index contributed by atoms with van der Waals surface area (Å²) in [5, 5.41) is 5.77. The standard InChI is InChI=1S/C29H31FN4O3/c1-3-34(4-2)13-6-14-37-27-12-10-22(17-25(27)30)32-18-24-23-11-9-20(16-26(23)33-29(24)36)28(35)19-7-5-8-21(31)15-19/h5,7-12,15-18,32H,3-4,6,13-14,31H2,1-2H3,(H,33,36). The first-order valence-electron chi connectivity index (χ1n) is 12.4. The van der Waals surface area contributed by atoms with Crippen molar-refractivity contribution in [2.24, 2.45) is 0 Å². The fourth-order valence-corrected chi connectivity index (χ4v) is 4.20. The molecule has 3 aromatic carbocycles. The van der Waals surface area contributed by atoms with E-state index >= 15 is 0 Å². The lowest BCUT2D eigenvalue weighted by molar-refractivity contribution is -0.110. The van der Waals surface area contributed by atoms with Gasteiger partial charge in [-0.05, 0) is 49.8 Å². The van der Waals surface area contributed by atoms with Crippen LogP contribution in [0, 0.1) is 5.82 Å². The van der Waals surface area contributed by atoms with E-state index in [9.17, 15) is 14.0 Å². The number of carbonyl (C=O) groups is 2. The molecule has 7 nitrogen and oxygen atoms in total. The van der Waals surface area contributed by atoms with E-state index in [2.05, 4.69) is 29.4 Å². The molecule has 0 saturated carbocycles. The molecule has 1 heterocycles. The number of benzene rings is 3. The SMILES string of the molecule is CCN(CC)CCCOc1ccc(NC=C2C(=O)Nc3cc(C(=O)c4cccc(N)c4)ccc32)cc1F. The highest BCUT2D eigenvalue weighted by Gasteiger charge is 2.25. The molecule has 0 aromatic heterocycles. The summed E-state index contributed by atoms with van der Waals surface area (Å²) in [6.45, 7) is 7.52. The van der Waals surface area contributed by atoms with Crippen molar-refractivity contribution in [3.63, 3.8) is 0 Å². The maximum atomic E-state index is 14.6. The van der Waals surface area contributed by atoms with E-state index in [1.807, 2.05) is 0 Å². The zero-order valence-electron chi connectivity index (χ0n) is 21.0. The Bertz CT molecular complexity index is 1330. The van der Waals surface area contributed by atoms with Crippen molar-refractivity contribution in [1.29, 1.82) is 0 Å². The van der Waals surface area contributed by atoms with E-state index in [0.29, 0.717) is 45.9 Å². The van der Waals surface area contributed by atoms with Crippen LogP contribution >= 0.6 is 0 Å². The highest BCUT2D eigenvalue weighted by Crippen LogP contribution is 2.33. The number of ketones is 1. The number of nitrogen functional groups attached to an aromatic ring is 1. The molecular weight excluding hydrogens is 471 g/mol. The molecule has 0 atom stereocenters. The Morgan fingerprint density at radius 3 is 2.59 bits per heavy atom. The summed E-state index contributed by atoms with van der Waals surface area (Å²) in [6.07, 6.45) is 2.34. The van der Waals surface area contributed by atoms with Gasteiger partial charge in [-0.15, -0.1) is 0 Å². The number of ether oxygens (including phenoxy) is 1. The van der Waals surface area contributed by atoms with E-state index < -0.39 is 5.82 Å². The first kappa shape index (κ1) is 25.9. The third-order valence-corrected chi connectivity index (χ3v) is 6.30. The molecule has 1 aliphatic heterocycles. The summed E-state index contributed by atoms with van der Waals surface area (Å²) in [7, 11) is 0. The Morgan fingerprint density at radius 1 is 1.08 bits per heavy atom. The average molecular weight is 503 g/mol. The minimum absolute atomic E-state index is 0.189. The zero-order chi connectivity index (χ0) is 26.4. The largest absolute Gasteiger partial charge is 0.490 e. The molecule has 0 aliphatic carbocycles. The average Bonchev–Trinajstić information content (AvgIpc) is 3.22. The van der Waals surface area contributed by atoms with E-state index in [1.165, 1.54) is 12.3 Å². The van der Waals surface area contributed by atoms with E-state index in [-0.39, 0.29) is 17.4 Å². The summed E-state index contributed by atoms with van der Waals surface area (Å²) in [5.74, 6) is -0.790. The lowest BCUT2D eigenvalue weighted by Gasteiger charge is -2.17. The topological polar surface area (TPSA) is 96.7 Å². The second kappa shape index (κ2) is 11.7. The Hall–Kier alpha value is -4.17. The summed E-state index contributed by atoms with van der Waals surface area (Å²) in [5.41, 5.74) is 9.25. The van der Waals surface area contributed by atoms with Crippen LogP contribution in [0.1, 0.15) is 41.8 Å². The van der Waals surface area contributed by atoms with Crippen LogP contribution in [0.3, 0.4) is 0 Å². The molecule has 0 radical (unpaired) electrons. The van der Waals surface area contributed by atoms with Crippen molar-refractivity contribution in [1.82, 2.24) is 4.90 Å². The minimum Gasteiger partial charge on any atom is -0.490 e. The first-order valence-corrected chi connectivity index (χ1v) is 12.4. The summed E-state index contributed by atoms with van der Waals surface area (Å²) < 4.78 is 20.2. The summed E-state index contributed by atoms with van der Waals surface area (Å²) in [6, 6.07) is 16.4. The fraction of sp³-hybridized carbons (Fsp3) is 0.241. The van der Waals surface area contributed by atoms with Crippen molar-refractivity contribution >= 4 is 34.3 Å². The lowest BCUT2D eigenvalue weighted by atomic mass is 9.99. The Labute approximate surface area is 216 Å². The van der Waals surface area contributed by atoms with Gasteiger partial charge >= 0.3 is 0 Å². The van der Waals surface area contributed by atoms with Crippen LogP contribution in [-0.2, 0) is 4.79 Å². The monoisotopic (exact) mass is 502 g/mol. The van der Waals surface area contributed by atoms with Crippen LogP contribution in [0.5, 0.6) is 5.75 Å². The predicted octanol–water partition coefficient (Wildman–Crippen LogP) is 5.15. The Kier molecular flexibility index (Phi) is 8.20. The maximum absolute atomic E-state index is 14.6. The third kappa shape index (κ3) is 6.16. The van der Waals surface area contributed by atoms with Crippen LogP contribution in [0.2, 0.25) is 0 Å². The highest BCUT2D eigenvalue weighted by molar-refractivity contribution is 6.32. The van der Waals surface area contributed by atoms with Crippen LogP contribution in [-0.4, -0.2) is 42.8 Å². The summed E-state index contributed by atoms with van der Waals surface area (Å²) >= 11 is 0. The van der Waals surface area contributed by atoms with Gasteiger partial charge in [-0.25, -0.2) is 4.39 Å². The minimum atomic E-state index is -0.479. The first-order chi connectivity index (χ1) is 17.9. The number of halogens is 1. The zero-order valence-corrected chi connectivity index (χ0v) is 21.0. The number of nitrogens with zero attached hydrogens (tertiary/aromatic N) is 1. The van der Waals surface area contributed by atoms with Gasteiger partial charge < -0.3 is 26.0 Å². The van der Waals surface area contributed by atoms with Crippen molar-refractivity contribution in [3.05, 3.63) is 89.4 Å². The van der Waals surface area contributed by atoms with E-state index in [0.717, 1.165) is 26.1 Å². The molecule has 0 fully saturated rings. The quantitative estimate of drug-likeness (QED) is 0.145. The van der Waals surface area contributed by atoms with Gasteiger partial charge in [-0.1, -0.05) is 38.1 Å². The molecule has 37 heavy (non-hydrogen) atoms. The van der Waals surface area contributed by atoms with Gasteiger partial charge in [0.1, 0.15) is 0 Å². The number of hydrogen-bond acceptors (Lipinski definition) is 6. The number of anilines is 3. The molecule has 4 N–H and O–H groups in total. The van der Waals surface area contributed by atoms with Crippen molar-refractivity contribution in [2.45, 2.75) is 20.3 Å². The third-order valence-electron chi connectivity index (χ3n) is 6.30. The molecule has 0 saturated heterocycles. The van der Waals surface area contributed by atoms with Gasteiger partial charge in [-0.2, -0.15) is 0 Å². The van der Waals surface area contributed by atoms with Crippen LogP contribution < -0.4 is 21.1 Å². The highest BCUT2D eigenvalue weighted by atomic mass is 19.1. The number of carbonyl (C=O) groups excluding carboxylic acids is 2. The predicted molar refractivity (Wildman–Crippen MR) is 145 cm³/mol. The van der Waals surface area contributed by atoms with Crippen molar-refractivity contribution in [2.75, 3.05) is 42.6 Å². The second-order valence-electron chi connectivity index (χ2n) is 8.75. The molecule has 1 aliphatic rings. The smallest absolute Gasteiger partial charge is 0.257 e. The molecule has 8 heteroatoms. The number of nitrogens with two attached hydrogens (primary N) is 1. The molecule has 192 valence electrons. The molecule has 1 amide bonds. The van der Waals surface area contributed by atoms with Gasteiger partial charge in [0.25, 0.3) is 5.91 Å². The number of hydrogen-bond donors (Lipinski definition) is 3. The van der Waals surface area contributed by atoms with E-state index in [4.69, 9.17) is 10.5 Å². The molecule has 4 rings (SSSR count). The van der Waals surface area contributed by atoms with E-state index in [1.54, 1.807) is 54.6 Å². The molecule has 0 unspecified atom stereocenters. The van der Waals surface area contributed by atoms with Crippen molar-refractivity contribution in [3.8, 4) is 5.75 Å². The Morgan fingerprint density at radius 2 is 1.86 bits per heavy atom. The number of rotatable bonds is 11. The molecule has 0 bridgehead atoms. The number of amides is 1. The van der Waals surface area contributed by atoms with Crippen LogP contribution in [0.25, 0.3) is 5.57 Å². The Balaban J connectivity index is 1.41. The summed E-state index contributed by atoms with van der Waals surface area (Å²) in [4.78, 5) is 27.7. The second-order valence-corrected chi connectivity index (χ2v) is 8.75. The van der Waals surface area contributed by atoms with Crippen LogP contribution in [0.4, 0.5) is 21.5 Å². The van der Waals surface area contributed by atoms with Gasteiger partial charge in [-0.3, -0.25) is 9.59 Å². The van der Waals surface area contributed by atoms with Gasteiger partial charge in [0, 0.05) is 52.6 Å². The van der Waals surface area contributed by atoms with Crippen LogP contribution in [0.15, 0.2) is 66.9 Å². The molecule has 0 spiro atoms. The lowest BCUT2D eigenvalue weighted by Crippen LogP contribution is -2.25. The molecule has 3 aromatic rings.